The lowest BCUT2D eigenvalue weighted by atomic mass is 10.2. The summed E-state index contributed by atoms with van der Waals surface area (Å²) < 4.78 is 48.3. The summed E-state index contributed by atoms with van der Waals surface area (Å²) in [6.07, 6.45) is -3.43. The summed E-state index contributed by atoms with van der Waals surface area (Å²) in [5.74, 6) is -0.459. The van der Waals surface area contributed by atoms with E-state index in [9.17, 15) is 18.0 Å². The van der Waals surface area contributed by atoms with Gasteiger partial charge >= 0.3 is 6.36 Å². The normalized spacial score (nSPS) is 13.9. The van der Waals surface area contributed by atoms with Crippen molar-refractivity contribution >= 4 is 35.0 Å². The first-order chi connectivity index (χ1) is 16.8. The Bertz CT molecular complexity index is 1180. The van der Waals surface area contributed by atoms with Crippen LogP contribution in [0.3, 0.4) is 0 Å². The van der Waals surface area contributed by atoms with Crippen molar-refractivity contribution in [3.63, 3.8) is 0 Å². The van der Waals surface area contributed by atoms with Crippen molar-refractivity contribution in [2.75, 3.05) is 36.5 Å². The van der Waals surface area contributed by atoms with Crippen molar-refractivity contribution in [3.05, 3.63) is 65.1 Å². The van der Waals surface area contributed by atoms with E-state index in [4.69, 9.17) is 16.3 Å². The average Bonchev–Trinajstić information content (AvgIpc) is 2.85. The second-order valence-electron chi connectivity index (χ2n) is 7.33. The lowest BCUT2D eigenvalue weighted by molar-refractivity contribution is -0.274. The number of pyridine rings is 1. The molecule has 1 saturated heterocycles. The maximum Gasteiger partial charge on any atom is 0.573 e. The standard InChI is InChI=1S/C22H20ClF3N6O3/c23-15-4-3-6-16(19(15)35-22(24,25)26)30-18-12-14(13-28-20(33)17-5-1-2-7-27-17)29-21(31-18)32-8-10-34-11-9-32/h1-7,12H,8-11,13H2,(H,28,33)(H,29,30,31). The Morgan fingerprint density at radius 3 is 2.66 bits per heavy atom. The van der Waals surface area contributed by atoms with Crippen molar-refractivity contribution in [1.82, 2.24) is 20.3 Å². The lowest BCUT2D eigenvalue weighted by Gasteiger charge is -2.27. The average molecular weight is 509 g/mol. The molecule has 0 radical (unpaired) electrons. The molecule has 3 aromatic rings. The van der Waals surface area contributed by atoms with Gasteiger partial charge in [-0.15, -0.1) is 13.2 Å². The number of hydrogen-bond donors (Lipinski definition) is 2. The highest BCUT2D eigenvalue weighted by molar-refractivity contribution is 6.32. The van der Waals surface area contributed by atoms with E-state index < -0.39 is 18.0 Å². The molecule has 1 amide bonds. The molecular weight excluding hydrogens is 489 g/mol. The summed E-state index contributed by atoms with van der Waals surface area (Å²) in [6.45, 7) is 2.05. The number of amides is 1. The molecule has 9 nitrogen and oxygen atoms in total. The number of benzene rings is 1. The Labute approximate surface area is 203 Å². The summed E-state index contributed by atoms with van der Waals surface area (Å²) in [7, 11) is 0. The van der Waals surface area contributed by atoms with E-state index in [0.717, 1.165) is 0 Å². The number of nitrogens with zero attached hydrogens (tertiary/aromatic N) is 4. The Morgan fingerprint density at radius 1 is 1.14 bits per heavy atom. The van der Waals surface area contributed by atoms with Crippen LogP contribution in [0.15, 0.2) is 48.7 Å². The van der Waals surface area contributed by atoms with Crippen LogP contribution in [0.4, 0.5) is 30.6 Å². The molecule has 2 N–H and O–H groups in total. The maximum absolute atomic E-state index is 12.9. The van der Waals surface area contributed by atoms with E-state index in [1.165, 1.54) is 30.5 Å². The Balaban J connectivity index is 1.61. The number of alkyl halides is 3. The molecule has 1 aliphatic rings. The van der Waals surface area contributed by atoms with Crippen LogP contribution in [0.25, 0.3) is 0 Å². The van der Waals surface area contributed by atoms with Crippen molar-refractivity contribution < 1.29 is 27.4 Å². The van der Waals surface area contributed by atoms with E-state index in [1.807, 2.05) is 4.90 Å². The molecule has 1 aliphatic heterocycles. The predicted molar refractivity (Wildman–Crippen MR) is 122 cm³/mol. The van der Waals surface area contributed by atoms with E-state index in [1.54, 1.807) is 18.2 Å². The second kappa shape index (κ2) is 10.7. The van der Waals surface area contributed by atoms with Gasteiger partial charge in [-0.1, -0.05) is 23.7 Å². The Kier molecular flexibility index (Phi) is 7.51. The first-order valence-corrected chi connectivity index (χ1v) is 10.9. The van der Waals surface area contributed by atoms with Crippen LogP contribution in [-0.2, 0) is 11.3 Å². The molecule has 0 saturated carbocycles. The molecule has 1 aromatic carbocycles. The van der Waals surface area contributed by atoms with Crippen molar-refractivity contribution in [3.8, 4) is 5.75 Å². The van der Waals surface area contributed by atoms with Gasteiger partial charge in [-0.3, -0.25) is 9.78 Å². The molecule has 2 aromatic heterocycles. The van der Waals surface area contributed by atoms with Crippen LogP contribution in [0.5, 0.6) is 5.75 Å². The van der Waals surface area contributed by atoms with Crippen LogP contribution in [0.2, 0.25) is 5.02 Å². The maximum atomic E-state index is 12.9. The zero-order chi connectivity index (χ0) is 24.8. The summed E-state index contributed by atoms with van der Waals surface area (Å²) in [5.41, 5.74) is 0.625. The van der Waals surface area contributed by atoms with Gasteiger partial charge in [0.1, 0.15) is 11.5 Å². The fraction of sp³-hybridized carbons (Fsp3) is 0.273. The van der Waals surface area contributed by atoms with Crippen LogP contribution in [0.1, 0.15) is 16.2 Å². The molecule has 1 fully saturated rings. The molecule has 4 rings (SSSR count). The van der Waals surface area contributed by atoms with Crippen molar-refractivity contribution in [2.24, 2.45) is 0 Å². The van der Waals surface area contributed by atoms with Gasteiger partial charge in [-0.2, -0.15) is 4.98 Å². The predicted octanol–water partition coefficient (Wildman–Crippen LogP) is 3.93. The number of anilines is 3. The topological polar surface area (TPSA) is 102 Å². The van der Waals surface area contributed by atoms with Gasteiger partial charge in [0.25, 0.3) is 5.91 Å². The zero-order valence-electron chi connectivity index (χ0n) is 18.2. The second-order valence-corrected chi connectivity index (χ2v) is 7.74. The largest absolute Gasteiger partial charge is 0.573 e. The first-order valence-electron chi connectivity index (χ1n) is 10.5. The number of halogens is 4. The minimum atomic E-state index is -4.94. The number of morpholine rings is 1. The minimum Gasteiger partial charge on any atom is -0.402 e. The highest BCUT2D eigenvalue weighted by Gasteiger charge is 2.33. The monoisotopic (exact) mass is 508 g/mol. The quantitative estimate of drug-likeness (QED) is 0.495. The molecule has 35 heavy (non-hydrogen) atoms. The third-order valence-corrected chi connectivity index (χ3v) is 5.13. The lowest BCUT2D eigenvalue weighted by Crippen LogP contribution is -2.37. The van der Waals surface area contributed by atoms with Gasteiger partial charge in [-0.25, -0.2) is 4.98 Å². The van der Waals surface area contributed by atoms with Gasteiger partial charge in [0.05, 0.1) is 36.2 Å². The Hall–Kier alpha value is -3.64. The number of aromatic nitrogens is 3. The summed E-state index contributed by atoms with van der Waals surface area (Å²) >= 11 is 5.96. The van der Waals surface area contributed by atoms with Gasteiger partial charge in [-0.05, 0) is 24.3 Å². The number of rotatable bonds is 7. The van der Waals surface area contributed by atoms with Gasteiger partial charge in [0, 0.05) is 25.4 Å². The third kappa shape index (κ3) is 6.70. The van der Waals surface area contributed by atoms with Gasteiger partial charge in [0.15, 0.2) is 5.75 Å². The van der Waals surface area contributed by atoms with Crippen LogP contribution in [0, 0.1) is 0 Å². The molecular formula is C22H20ClF3N6O3. The molecule has 0 bridgehead atoms. The molecule has 0 atom stereocenters. The number of hydrogen-bond acceptors (Lipinski definition) is 8. The van der Waals surface area contributed by atoms with E-state index >= 15 is 0 Å². The number of carbonyl (C=O) groups is 1. The van der Waals surface area contributed by atoms with Crippen LogP contribution in [-0.4, -0.2) is 53.5 Å². The number of carbonyl (C=O) groups excluding carboxylic acids is 1. The van der Waals surface area contributed by atoms with E-state index in [-0.39, 0.29) is 28.8 Å². The third-order valence-electron chi connectivity index (χ3n) is 4.84. The Morgan fingerprint density at radius 2 is 1.94 bits per heavy atom. The molecule has 184 valence electrons. The van der Waals surface area contributed by atoms with E-state index in [2.05, 4.69) is 30.3 Å². The van der Waals surface area contributed by atoms with Crippen LogP contribution >= 0.6 is 11.6 Å². The summed E-state index contributed by atoms with van der Waals surface area (Å²) in [5, 5.41) is 5.34. The minimum absolute atomic E-state index is 0.0331. The van der Waals surface area contributed by atoms with Gasteiger partial charge < -0.3 is 25.0 Å². The fourth-order valence-corrected chi connectivity index (χ4v) is 3.48. The first kappa shape index (κ1) is 24.5. The molecule has 0 spiro atoms. The highest BCUT2D eigenvalue weighted by Crippen LogP contribution is 2.38. The van der Waals surface area contributed by atoms with Crippen molar-refractivity contribution in [1.29, 1.82) is 0 Å². The number of ether oxygens (including phenoxy) is 2. The van der Waals surface area contributed by atoms with Crippen LogP contribution < -0.4 is 20.3 Å². The van der Waals surface area contributed by atoms with Gasteiger partial charge in [0.2, 0.25) is 5.95 Å². The molecule has 0 unspecified atom stereocenters. The fourth-order valence-electron chi connectivity index (χ4n) is 3.27. The summed E-state index contributed by atoms with van der Waals surface area (Å²) in [6, 6.07) is 10.6. The summed E-state index contributed by atoms with van der Waals surface area (Å²) in [4.78, 5) is 27.2. The highest BCUT2D eigenvalue weighted by atomic mass is 35.5. The SMILES string of the molecule is O=C(NCc1cc(Nc2cccc(Cl)c2OC(F)(F)F)nc(N2CCOCC2)n1)c1ccccn1. The van der Waals surface area contributed by atoms with E-state index in [0.29, 0.717) is 37.9 Å². The van der Waals surface area contributed by atoms with Crippen molar-refractivity contribution in [2.45, 2.75) is 12.9 Å². The molecule has 3 heterocycles. The number of nitrogens with one attached hydrogen (secondary N) is 2. The smallest absolute Gasteiger partial charge is 0.402 e. The molecule has 13 heteroatoms. The zero-order valence-corrected chi connectivity index (χ0v) is 18.9. The number of para-hydroxylation sites is 1. The molecule has 0 aliphatic carbocycles.